The molecule has 1 N–H and O–H groups in total. The Kier molecular flexibility index (Phi) is 3.29. The number of alkyl halides is 1. The summed E-state index contributed by atoms with van der Waals surface area (Å²) in [6.45, 7) is 0. The van der Waals surface area contributed by atoms with Crippen LogP contribution in [0.1, 0.15) is 10.4 Å². The molecule has 0 bridgehead atoms. The minimum Gasteiger partial charge on any atom is -0.480 e. The Balaban J connectivity index is 2.89. The first-order chi connectivity index (χ1) is 5.61. The zero-order chi connectivity index (χ0) is 9.14. The molecule has 1 rings (SSSR count). The Morgan fingerprint density at radius 3 is 2.25 bits per heavy atom. The number of carboxylic acid groups (broad SMARTS) is 1. The first-order valence-corrected chi connectivity index (χ1v) is 4.94. The fourth-order valence-electron chi connectivity index (χ4n) is 0.774. The summed E-state index contributed by atoms with van der Waals surface area (Å²) in [6, 6.07) is 7.15. The number of carbonyl (C=O) groups is 1. The van der Waals surface area contributed by atoms with Gasteiger partial charge in [-0.05, 0) is 17.7 Å². The first-order valence-electron chi connectivity index (χ1n) is 3.23. The number of halogens is 2. The summed E-state index contributed by atoms with van der Waals surface area (Å²) >= 11 is 6.33. The Hall–Kier alpha value is -0.350. The molecule has 0 aromatic heterocycles. The van der Waals surface area contributed by atoms with E-state index in [1.165, 1.54) is 0 Å². The lowest BCUT2D eigenvalue weighted by Crippen LogP contribution is -2.03. The lowest BCUT2D eigenvalue weighted by atomic mass is 10.2. The highest BCUT2D eigenvalue weighted by Gasteiger charge is 2.14. The van der Waals surface area contributed by atoms with Gasteiger partial charge in [0.1, 0.15) is 4.83 Å². The third-order valence-corrected chi connectivity index (χ3v) is 2.83. The van der Waals surface area contributed by atoms with Crippen molar-refractivity contribution >= 4 is 37.8 Å². The molecule has 0 spiro atoms. The normalized spacial score (nSPS) is 12.5. The summed E-state index contributed by atoms with van der Waals surface area (Å²) in [5, 5.41) is 8.65. The number of hydrogen-bond acceptors (Lipinski definition) is 1. The maximum atomic E-state index is 10.5. The Bertz CT molecular complexity index is 282. The molecule has 1 unspecified atom stereocenters. The van der Waals surface area contributed by atoms with E-state index in [2.05, 4.69) is 31.9 Å². The van der Waals surface area contributed by atoms with Crippen molar-refractivity contribution in [2.45, 2.75) is 4.83 Å². The van der Waals surface area contributed by atoms with Crippen molar-refractivity contribution in [2.75, 3.05) is 0 Å². The smallest absolute Gasteiger partial charge is 0.321 e. The van der Waals surface area contributed by atoms with Crippen molar-refractivity contribution in [1.82, 2.24) is 0 Å². The predicted molar refractivity (Wildman–Crippen MR) is 53.4 cm³/mol. The van der Waals surface area contributed by atoms with Crippen LogP contribution >= 0.6 is 31.9 Å². The molecule has 0 radical (unpaired) electrons. The van der Waals surface area contributed by atoms with E-state index in [0.717, 1.165) is 10.0 Å². The molecule has 0 aliphatic carbocycles. The van der Waals surface area contributed by atoms with Gasteiger partial charge in [-0.25, -0.2) is 0 Å². The summed E-state index contributed by atoms with van der Waals surface area (Å²) in [5.74, 6) is -0.877. The van der Waals surface area contributed by atoms with E-state index >= 15 is 0 Å². The molecule has 64 valence electrons. The van der Waals surface area contributed by atoms with Gasteiger partial charge in [-0.1, -0.05) is 44.0 Å². The van der Waals surface area contributed by atoms with Gasteiger partial charge in [0, 0.05) is 4.47 Å². The molecule has 0 saturated heterocycles. The maximum absolute atomic E-state index is 10.5. The maximum Gasteiger partial charge on any atom is 0.321 e. The van der Waals surface area contributed by atoms with E-state index in [4.69, 9.17) is 5.11 Å². The van der Waals surface area contributed by atoms with Crippen LogP contribution in [0.3, 0.4) is 0 Å². The van der Waals surface area contributed by atoms with Gasteiger partial charge >= 0.3 is 5.97 Å². The minimum absolute atomic E-state index is 0.620. The Labute approximate surface area is 86.9 Å². The van der Waals surface area contributed by atoms with Crippen molar-refractivity contribution in [3.05, 3.63) is 34.3 Å². The third-order valence-electron chi connectivity index (χ3n) is 1.38. The predicted octanol–water partition coefficient (Wildman–Crippen LogP) is 2.97. The molecular formula is C8H6Br2O2. The molecule has 1 atom stereocenters. The quantitative estimate of drug-likeness (QED) is 0.851. The van der Waals surface area contributed by atoms with Crippen molar-refractivity contribution in [3.8, 4) is 0 Å². The van der Waals surface area contributed by atoms with Gasteiger partial charge in [0.05, 0.1) is 0 Å². The van der Waals surface area contributed by atoms with Crippen molar-refractivity contribution in [2.24, 2.45) is 0 Å². The number of carboxylic acids is 1. The lowest BCUT2D eigenvalue weighted by molar-refractivity contribution is -0.136. The number of benzene rings is 1. The Morgan fingerprint density at radius 1 is 1.33 bits per heavy atom. The largest absolute Gasteiger partial charge is 0.480 e. The molecule has 1 aromatic rings. The second-order valence-electron chi connectivity index (χ2n) is 2.25. The highest BCUT2D eigenvalue weighted by Crippen LogP contribution is 2.24. The first kappa shape index (κ1) is 9.74. The van der Waals surface area contributed by atoms with Crippen molar-refractivity contribution in [1.29, 1.82) is 0 Å². The summed E-state index contributed by atoms with van der Waals surface area (Å²) in [4.78, 5) is 9.91. The lowest BCUT2D eigenvalue weighted by Gasteiger charge is -2.03. The van der Waals surface area contributed by atoms with Gasteiger partial charge in [0.2, 0.25) is 0 Å². The van der Waals surface area contributed by atoms with E-state index in [1.54, 1.807) is 12.1 Å². The average Bonchev–Trinajstić information content (AvgIpc) is 2.04. The molecule has 0 heterocycles. The van der Waals surface area contributed by atoms with E-state index in [9.17, 15) is 4.79 Å². The van der Waals surface area contributed by atoms with Crippen LogP contribution < -0.4 is 0 Å². The van der Waals surface area contributed by atoms with Crippen LogP contribution in [0, 0.1) is 0 Å². The van der Waals surface area contributed by atoms with Crippen molar-refractivity contribution < 1.29 is 9.90 Å². The number of aliphatic carboxylic acids is 1. The minimum atomic E-state index is -0.877. The van der Waals surface area contributed by atoms with Gasteiger partial charge in [-0.15, -0.1) is 0 Å². The topological polar surface area (TPSA) is 37.3 Å². The van der Waals surface area contributed by atoms with Crippen LogP contribution in [-0.2, 0) is 4.79 Å². The van der Waals surface area contributed by atoms with Crippen molar-refractivity contribution in [3.63, 3.8) is 0 Å². The molecule has 12 heavy (non-hydrogen) atoms. The van der Waals surface area contributed by atoms with E-state index in [1.807, 2.05) is 12.1 Å². The van der Waals surface area contributed by atoms with Gasteiger partial charge in [-0.3, -0.25) is 4.79 Å². The fourth-order valence-corrected chi connectivity index (χ4v) is 1.34. The zero-order valence-electron chi connectivity index (χ0n) is 6.00. The monoisotopic (exact) mass is 292 g/mol. The average molecular weight is 294 g/mol. The van der Waals surface area contributed by atoms with Gasteiger partial charge < -0.3 is 5.11 Å². The van der Waals surface area contributed by atoms with Crippen LogP contribution in [0.4, 0.5) is 0 Å². The summed E-state index contributed by atoms with van der Waals surface area (Å²) in [7, 11) is 0. The molecule has 0 aliphatic rings. The molecule has 2 nitrogen and oxygen atoms in total. The molecule has 0 fully saturated rings. The highest BCUT2D eigenvalue weighted by molar-refractivity contribution is 9.10. The molecule has 1 aromatic carbocycles. The fraction of sp³-hybridized carbons (Fsp3) is 0.125. The SMILES string of the molecule is O=C(O)C(Br)c1ccc(Br)cc1. The third kappa shape index (κ3) is 2.32. The molecule has 0 amide bonds. The standard InChI is InChI=1S/C8H6Br2O2/c9-6-3-1-5(2-4-6)7(10)8(11)12/h1-4,7H,(H,11,12). The number of rotatable bonds is 2. The Morgan fingerprint density at radius 2 is 1.83 bits per heavy atom. The van der Waals surface area contributed by atoms with Gasteiger partial charge in [0.25, 0.3) is 0 Å². The van der Waals surface area contributed by atoms with Gasteiger partial charge in [-0.2, -0.15) is 0 Å². The van der Waals surface area contributed by atoms with Crippen LogP contribution in [-0.4, -0.2) is 11.1 Å². The summed E-state index contributed by atoms with van der Waals surface area (Å²) in [6.07, 6.45) is 0. The molecule has 4 heteroatoms. The highest BCUT2D eigenvalue weighted by atomic mass is 79.9. The molecule has 0 aliphatic heterocycles. The summed E-state index contributed by atoms with van der Waals surface area (Å²) < 4.78 is 0.941. The number of hydrogen-bond donors (Lipinski definition) is 1. The molecule has 0 saturated carbocycles. The van der Waals surface area contributed by atoms with E-state index in [-0.39, 0.29) is 0 Å². The van der Waals surface area contributed by atoms with Crippen LogP contribution in [0.25, 0.3) is 0 Å². The zero-order valence-corrected chi connectivity index (χ0v) is 9.17. The molecular weight excluding hydrogens is 288 g/mol. The summed E-state index contributed by atoms with van der Waals surface area (Å²) in [5.41, 5.74) is 0.741. The second-order valence-corrected chi connectivity index (χ2v) is 4.08. The second kappa shape index (κ2) is 4.05. The van der Waals surface area contributed by atoms with E-state index in [0.29, 0.717) is 0 Å². The van der Waals surface area contributed by atoms with Gasteiger partial charge in [0.15, 0.2) is 0 Å². The van der Waals surface area contributed by atoms with E-state index < -0.39 is 10.8 Å². The van der Waals surface area contributed by atoms with Crippen LogP contribution in [0.15, 0.2) is 28.7 Å². The van der Waals surface area contributed by atoms with Crippen LogP contribution in [0.2, 0.25) is 0 Å². The van der Waals surface area contributed by atoms with Crippen LogP contribution in [0.5, 0.6) is 0 Å².